The molecule has 1 aliphatic rings. The highest BCUT2D eigenvalue weighted by atomic mass is 35.5. The van der Waals surface area contributed by atoms with Gasteiger partial charge in [0.05, 0.1) is 5.02 Å². The fourth-order valence-corrected chi connectivity index (χ4v) is 5.63. The van der Waals surface area contributed by atoms with Gasteiger partial charge in [-0.2, -0.15) is 4.31 Å². The predicted octanol–water partition coefficient (Wildman–Crippen LogP) is 3.33. The van der Waals surface area contributed by atoms with Crippen LogP contribution in [0, 0.1) is 0 Å². The number of halogens is 1. The Labute approximate surface area is 184 Å². The van der Waals surface area contributed by atoms with Crippen molar-refractivity contribution in [3.05, 3.63) is 64.7 Å². The van der Waals surface area contributed by atoms with Crippen LogP contribution >= 0.6 is 11.6 Å². The lowest BCUT2D eigenvalue weighted by molar-refractivity contribution is 0.0628. The molecule has 1 aliphatic heterocycles. The lowest BCUT2D eigenvalue weighted by Gasteiger charge is -2.35. The summed E-state index contributed by atoms with van der Waals surface area (Å²) >= 11 is 6.19. The van der Waals surface area contributed by atoms with Crippen molar-refractivity contribution < 1.29 is 13.2 Å². The Morgan fingerprint density at radius 1 is 1.00 bits per heavy atom. The van der Waals surface area contributed by atoms with Crippen LogP contribution in [0.1, 0.15) is 29.8 Å². The van der Waals surface area contributed by atoms with E-state index in [-0.39, 0.29) is 15.8 Å². The molecule has 3 rings (SSSR count). The van der Waals surface area contributed by atoms with Crippen LogP contribution in [0.3, 0.4) is 0 Å². The van der Waals surface area contributed by atoms with Gasteiger partial charge in [-0.1, -0.05) is 55.8 Å². The summed E-state index contributed by atoms with van der Waals surface area (Å²) < 4.78 is 27.1. The highest BCUT2D eigenvalue weighted by Gasteiger charge is 2.27. The van der Waals surface area contributed by atoms with E-state index in [2.05, 4.69) is 17.0 Å². The minimum atomic E-state index is -3.74. The zero-order valence-corrected chi connectivity index (χ0v) is 19.0. The molecule has 1 heterocycles. The van der Waals surface area contributed by atoms with E-state index in [0.29, 0.717) is 31.7 Å². The largest absolute Gasteiger partial charge is 0.336 e. The van der Waals surface area contributed by atoms with E-state index in [1.165, 1.54) is 22.0 Å². The molecule has 0 saturated carbocycles. The number of piperazine rings is 1. The first-order valence-electron chi connectivity index (χ1n) is 10.2. The second-order valence-corrected chi connectivity index (χ2v) is 9.60. The molecule has 0 bridgehead atoms. The molecular formula is C22H28ClN3O3S. The molecule has 0 unspecified atom stereocenters. The number of nitrogens with zero attached hydrogens (tertiary/aromatic N) is 3. The van der Waals surface area contributed by atoms with E-state index in [0.717, 1.165) is 19.6 Å². The van der Waals surface area contributed by atoms with Crippen LogP contribution in [0.5, 0.6) is 0 Å². The van der Waals surface area contributed by atoms with Crippen LogP contribution in [0.2, 0.25) is 5.02 Å². The van der Waals surface area contributed by atoms with E-state index >= 15 is 0 Å². The molecule has 0 radical (unpaired) electrons. The van der Waals surface area contributed by atoms with Crippen LogP contribution in [-0.2, 0) is 16.6 Å². The quantitative estimate of drug-likeness (QED) is 0.650. The number of hydrogen-bond acceptors (Lipinski definition) is 4. The second kappa shape index (κ2) is 9.92. The first-order chi connectivity index (χ1) is 14.4. The molecule has 0 atom stereocenters. The lowest BCUT2D eigenvalue weighted by atomic mass is 10.1. The van der Waals surface area contributed by atoms with Crippen molar-refractivity contribution in [2.24, 2.45) is 0 Å². The Morgan fingerprint density at radius 2 is 1.63 bits per heavy atom. The molecule has 2 aromatic carbocycles. The highest BCUT2D eigenvalue weighted by molar-refractivity contribution is 7.89. The molecule has 2 aromatic rings. The van der Waals surface area contributed by atoms with Gasteiger partial charge in [0.15, 0.2) is 0 Å². The number of sulfonamides is 1. The van der Waals surface area contributed by atoms with E-state index < -0.39 is 10.0 Å². The third kappa shape index (κ3) is 5.03. The molecule has 0 aliphatic carbocycles. The fourth-order valence-electron chi connectivity index (χ4n) is 3.67. The van der Waals surface area contributed by atoms with Crippen LogP contribution in [0.25, 0.3) is 0 Å². The SMILES string of the molecule is CCN(CC)S(=O)(=O)c1cc(C(=O)N2CCN(Cc3ccccc3)CC2)ccc1Cl. The Kier molecular flexibility index (Phi) is 7.52. The van der Waals surface area contributed by atoms with Crippen molar-refractivity contribution >= 4 is 27.5 Å². The van der Waals surface area contributed by atoms with E-state index in [9.17, 15) is 13.2 Å². The van der Waals surface area contributed by atoms with Gasteiger partial charge in [-0.25, -0.2) is 8.42 Å². The van der Waals surface area contributed by atoms with Gasteiger partial charge in [0.25, 0.3) is 5.91 Å². The van der Waals surface area contributed by atoms with Crippen molar-refractivity contribution in [3.63, 3.8) is 0 Å². The van der Waals surface area contributed by atoms with Gasteiger partial charge in [-0.15, -0.1) is 0 Å². The van der Waals surface area contributed by atoms with Crippen molar-refractivity contribution in [2.45, 2.75) is 25.3 Å². The van der Waals surface area contributed by atoms with E-state index in [1.54, 1.807) is 24.8 Å². The minimum absolute atomic E-state index is 0.0126. The summed E-state index contributed by atoms with van der Waals surface area (Å²) in [6, 6.07) is 14.8. The van der Waals surface area contributed by atoms with E-state index in [1.807, 2.05) is 18.2 Å². The van der Waals surface area contributed by atoms with E-state index in [4.69, 9.17) is 11.6 Å². The first-order valence-corrected chi connectivity index (χ1v) is 12.0. The number of amides is 1. The van der Waals surface area contributed by atoms with Gasteiger partial charge in [-0.05, 0) is 23.8 Å². The zero-order chi connectivity index (χ0) is 21.7. The highest BCUT2D eigenvalue weighted by Crippen LogP contribution is 2.26. The van der Waals surface area contributed by atoms with Gasteiger partial charge in [-0.3, -0.25) is 9.69 Å². The predicted molar refractivity (Wildman–Crippen MR) is 119 cm³/mol. The van der Waals surface area contributed by atoms with Gasteiger partial charge in [0.1, 0.15) is 4.90 Å². The number of rotatable bonds is 7. The molecule has 8 heteroatoms. The van der Waals surface area contributed by atoms with Crippen molar-refractivity contribution in [3.8, 4) is 0 Å². The molecule has 30 heavy (non-hydrogen) atoms. The Morgan fingerprint density at radius 3 is 2.23 bits per heavy atom. The Balaban J connectivity index is 1.71. The number of carbonyl (C=O) groups is 1. The molecular weight excluding hydrogens is 422 g/mol. The molecule has 1 fully saturated rings. The van der Waals surface area contributed by atoms with Crippen LogP contribution in [0.4, 0.5) is 0 Å². The Bertz CT molecular complexity index is 970. The summed E-state index contributed by atoms with van der Waals surface area (Å²) in [6.45, 7) is 7.86. The summed E-state index contributed by atoms with van der Waals surface area (Å²) in [4.78, 5) is 17.1. The third-order valence-corrected chi connectivity index (χ3v) is 7.94. The second-order valence-electron chi connectivity index (χ2n) is 7.29. The smallest absolute Gasteiger partial charge is 0.253 e. The van der Waals surface area contributed by atoms with Crippen LogP contribution < -0.4 is 0 Å². The number of hydrogen-bond donors (Lipinski definition) is 0. The van der Waals surface area contributed by atoms with Gasteiger partial charge >= 0.3 is 0 Å². The summed E-state index contributed by atoms with van der Waals surface area (Å²) in [7, 11) is -3.74. The topological polar surface area (TPSA) is 60.9 Å². The maximum atomic E-state index is 13.0. The summed E-state index contributed by atoms with van der Waals surface area (Å²) in [5, 5.41) is 0.131. The average Bonchev–Trinajstić information content (AvgIpc) is 2.75. The summed E-state index contributed by atoms with van der Waals surface area (Å²) in [5.41, 5.74) is 1.60. The molecule has 1 amide bonds. The average molecular weight is 450 g/mol. The van der Waals surface area contributed by atoms with Crippen LogP contribution in [-0.4, -0.2) is 67.7 Å². The van der Waals surface area contributed by atoms with Gasteiger partial charge in [0, 0.05) is 51.4 Å². The molecule has 0 spiro atoms. The summed E-state index contributed by atoms with van der Waals surface area (Å²) in [5.74, 6) is -0.165. The molecule has 0 aromatic heterocycles. The Hall–Kier alpha value is -1.93. The van der Waals surface area contributed by atoms with Gasteiger partial charge < -0.3 is 4.90 Å². The monoisotopic (exact) mass is 449 g/mol. The zero-order valence-electron chi connectivity index (χ0n) is 17.4. The molecule has 162 valence electrons. The normalized spacial score (nSPS) is 15.5. The standard InChI is InChI=1S/C22H28ClN3O3S/c1-3-26(4-2)30(28,29)21-16-19(10-11-20(21)23)22(27)25-14-12-24(13-15-25)17-18-8-6-5-7-9-18/h5-11,16H,3-4,12-15,17H2,1-2H3. The lowest BCUT2D eigenvalue weighted by Crippen LogP contribution is -2.48. The summed E-state index contributed by atoms with van der Waals surface area (Å²) in [6.07, 6.45) is 0. The molecule has 6 nitrogen and oxygen atoms in total. The van der Waals surface area contributed by atoms with Gasteiger partial charge in [0.2, 0.25) is 10.0 Å². The van der Waals surface area contributed by atoms with Crippen LogP contribution in [0.15, 0.2) is 53.4 Å². The fraction of sp³-hybridized carbons (Fsp3) is 0.409. The molecule has 1 saturated heterocycles. The minimum Gasteiger partial charge on any atom is -0.336 e. The number of benzene rings is 2. The van der Waals surface area contributed by atoms with Crippen molar-refractivity contribution in [2.75, 3.05) is 39.3 Å². The molecule has 0 N–H and O–H groups in total. The van der Waals surface area contributed by atoms with Crippen molar-refractivity contribution in [1.82, 2.24) is 14.1 Å². The maximum Gasteiger partial charge on any atom is 0.253 e. The first kappa shape index (κ1) is 22.7. The third-order valence-electron chi connectivity index (χ3n) is 5.41. The number of carbonyl (C=O) groups excluding carboxylic acids is 1. The maximum absolute atomic E-state index is 13.0. The van der Waals surface area contributed by atoms with Crippen molar-refractivity contribution in [1.29, 1.82) is 0 Å².